The van der Waals surface area contributed by atoms with Gasteiger partial charge in [-0.1, -0.05) is 0 Å². The monoisotopic (exact) mass is 147 g/mol. The molecule has 0 aliphatic rings. The van der Waals surface area contributed by atoms with Crippen molar-refractivity contribution >= 4 is 16.7 Å². The molecule has 0 bridgehead atoms. The third-order valence-corrected chi connectivity index (χ3v) is 1.75. The molecule has 0 spiro atoms. The number of imidazole rings is 1. The number of nitrogens with two attached hydrogens (primary N) is 1. The highest BCUT2D eigenvalue weighted by molar-refractivity contribution is 5.78. The highest BCUT2D eigenvalue weighted by Gasteiger charge is 1.97. The quantitative estimate of drug-likeness (QED) is 0.568. The molecule has 0 aliphatic heterocycles. The number of fused-ring (bicyclic) bond motifs is 1. The number of aromatic nitrogens is 2. The van der Waals surface area contributed by atoms with Gasteiger partial charge in [-0.05, 0) is 18.2 Å². The van der Waals surface area contributed by atoms with Gasteiger partial charge in [-0.15, -0.1) is 0 Å². The van der Waals surface area contributed by atoms with E-state index < -0.39 is 0 Å². The Kier molecular flexibility index (Phi) is 1.12. The van der Waals surface area contributed by atoms with Crippen LogP contribution in [-0.4, -0.2) is 9.55 Å². The summed E-state index contributed by atoms with van der Waals surface area (Å²) >= 11 is 0. The number of benzene rings is 1. The predicted molar refractivity (Wildman–Crippen MR) is 45.1 cm³/mol. The molecule has 0 unspecified atom stereocenters. The summed E-state index contributed by atoms with van der Waals surface area (Å²) in [6.45, 7) is 0. The van der Waals surface area contributed by atoms with E-state index in [0.717, 1.165) is 16.7 Å². The van der Waals surface area contributed by atoms with Crippen molar-refractivity contribution in [2.45, 2.75) is 0 Å². The van der Waals surface area contributed by atoms with Crippen molar-refractivity contribution in [3.63, 3.8) is 0 Å². The minimum absolute atomic E-state index is 0.779. The van der Waals surface area contributed by atoms with Gasteiger partial charge >= 0.3 is 0 Å². The van der Waals surface area contributed by atoms with Gasteiger partial charge in [0.2, 0.25) is 0 Å². The fourth-order valence-corrected chi connectivity index (χ4v) is 1.14. The Morgan fingerprint density at radius 2 is 2.27 bits per heavy atom. The minimum atomic E-state index is 0.779. The molecule has 1 aromatic carbocycles. The van der Waals surface area contributed by atoms with Crippen LogP contribution in [0, 0.1) is 0 Å². The highest BCUT2D eigenvalue weighted by Crippen LogP contribution is 2.14. The van der Waals surface area contributed by atoms with E-state index in [4.69, 9.17) is 5.73 Å². The van der Waals surface area contributed by atoms with Crippen LogP contribution in [-0.2, 0) is 7.05 Å². The second kappa shape index (κ2) is 1.99. The van der Waals surface area contributed by atoms with E-state index in [1.807, 2.05) is 29.8 Å². The Labute approximate surface area is 64.5 Å². The van der Waals surface area contributed by atoms with Crippen LogP contribution in [0.3, 0.4) is 0 Å². The Morgan fingerprint density at radius 1 is 1.45 bits per heavy atom. The molecule has 11 heavy (non-hydrogen) atoms. The van der Waals surface area contributed by atoms with Gasteiger partial charge in [-0.25, -0.2) is 4.98 Å². The van der Waals surface area contributed by atoms with E-state index in [2.05, 4.69) is 4.98 Å². The van der Waals surface area contributed by atoms with Gasteiger partial charge in [-0.2, -0.15) is 0 Å². The third-order valence-electron chi connectivity index (χ3n) is 1.75. The molecule has 0 fully saturated rings. The van der Waals surface area contributed by atoms with Gasteiger partial charge in [-0.3, -0.25) is 0 Å². The Bertz CT molecular complexity index is 389. The van der Waals surface area contributed by atoms with E-state index in [1.54, 1.807) is 6.33 Å². The second-order valence-corrected chi connectivity index (χ2v) is 2.60. The van der Waals surface area contributed by atoms with E-state index in [9.17, 15) is 0 Å². The minimum Gasteiger partial charge on any atom is -0.399 e. The Balaban J connectivity index is 2.87. The summed E-state index contributed by atoms with van der Waals surface area (Å²) in [4.78, 5) is 4.17. The number of rotatable bonds is 0. The van der Waals surface area contributed by atoms with Crippen molar-refractivity contribution in [3.05, 3.63) is 24.5 Å². The van der Waals surface area contributed by atoms with Crippen LogP contribution in [0.2, 0.25) is 0 Å². The molecule has 56 valence electrons. The molecule has 0 saturated heterocycles. The van der Waals surface area contributed by atoms with Crippen LogP contribution in [0.1, 0.15) is 0 Å². The maximum Gasteiger partial charge on any atom is 0.0955 e. The normalized spacial score (nSPS) is 10.6. The number of hydrogen-bond acceptors (Lipinski definition) is 2. The molecule has 1 heterocycles. The highest BCUT2D eigenvalue weighted by atomic mass is 15.0. The molecule has 0 atom stereocenters. The zero-order valence-electron chi connectivity index (χ0n) is 6.28. The summed E-state index contributed by atoms with van der Waals surface area (Å²) in [7, 11) is 1.95. The van der Waals surface area contributed by atoms with Gasteiger partial charge in [0, 0.05) is 12.7 Å². The van der Waals surface area contributed by atoms with Crippen molar-refractivity contribution in [1.29, 1.82) is 0 Å². The number of nitrogens with zero attached hydrogens (tertiary/aromatic N) is 2. The summed E-state index contributed by atoms with van der Waals surface area (Å²) < 4.78 is 1.95. The first-order valence-corrected chi connectivity index (χ1v) is 3.44. The molecule has 2 aromatic rings. The lowest BCUT2D eigenvalue weighted by molar-refractivity contribution is 0.948. The van der Waals surface area contributed by atoms with Crippen LogP contribution in [0.5, 0.6) is 0 Å². The zero-order valence-corrected chi connectivity index (χ0v) is 6.28. The number of aryl methyl sites for hydroxylation is 1. The first kappa shape index (κ1) is 6.22. The number of nitrogen functional groups attached to an aromatic ring is 1. The van der Waals surface area contributed by atoms with Gasteiger partial charge < -0.3 is 10.3 Å². The molecule has 3 nitrogen and oxygen atoms in total. The fraction of sp³-hybridized carbons (Fsp3) is 0.125. The summed E-state index contributed by atoms with van der Waals surface area (Å²) in [5, 5.41) is 0. The molecule has 1 aromatic heterocycles. The fourth-order valence-electron chi connectivity index (χ4n) is 1.14. The Morgan fingerprint density at radius 3 is 3.09 bits per heavy atom. The van der Waals surface area contributed by atoms with Gasteiger partial charge in [0.05, 0.1) is 17.4 Å². The van der Waals surface area contributed by atoms with E-state index >= 15 is 0 Å². The number of hydrogen-bond donors (Lipinski definition) is 1. The topological polar surface area (TPSA) is 43.8 Å². The molecule has 0 aliphatic carbocycles. The maximum absolute atomic E-state index is 5.61. The van der Waals surface area contributed by atoms with Gasteiger partial charge in [0.1, 0.15) is 0 Å². The lowest BCUT2D eigenvalue weighted by Crippen LogP contribution is -1.87. The summed E-state index contributed by atoms with van der Waals surface area (Å²) in [6, 6.07) is 5.70. The van der Waals surface area contributed by atoms with Gasteiger partial charge in [0.25, 0.3) is 0 Å². The largest absolute Gasteiger partial charge is 0.399 e. The predicted octanol–water partition coefficient (Wildman–Crippen LogP) is 1.16. The average Bonchev–Trinajstić information content (AvgIpc) is 2.33. The molecule has 0 amide bonds. The SMILES string of the molecule is Cn1cnc2ccc(N)cc21. The molecule has 0 saturated carbocycles. The first-order chi connectivity index (χ1) is 5.27. The molecular formula is C8H9N3. The van der Waals surface area contributed by atoms with Crippen molar-refractivity contribution in [2.24, 2.45) is 7.05 Å². The van der Waals surface area contributed by atoms with Crippen LogP contribution in [0.25, 0.3) is 11.0 Å². The molecule has 3 heteroatoms. The van der Waals surface area contributed by atoms with E-state index in [-0.39, 0.29) is 0 Å². The van der Waals surface area contributed by atoms with Crippen molar-refractivity contribution in [1.82, 2.24) is 9.55 Å². The standard InChI is InChI=1S/C8H9N3/c1-11-5-10-7-3-2-6(9)4-8(7)11/h2-5H,9H2,1H3. The smallest absolute Gasteiger partial charge is 0.0955 e. The summed E-state index contributed by atoms with van der Waals surface area (Å²) in [6.07, 6.45) is 1.78. The van der Waals surface area contributed by atoms with Crippen molar-refractivity contribution in [2.75, 3.05) is 5.73 Å². The van der Waals surface area contributed by atoms with Crippen LogP contribution in [0.15, 0.2) is 24.5 Å². The van der Waals surface area contributed by atoms with Crippen LogP contribution < -0.4 is 5.73 Å². The molecular weight excluding hydrogens is 138 g/mol. The Hall–Kier alpha value is -1.51. The van der Waals surface area contributed by atoms with Gasteiger partial charge in [0.15, 0.2) is 0 Å². The lowest BCUT2D eigenvalue weighted by atomic mass is 10.3. The summed E-state index contributed by atoms with van der Waals surface area (Å²) in [5.41, 5.74) is 8.45. The third kappa shape index (κ3) is 0.852. The molecule has 2 N–H and O–H groups in total. The maximum atomic E-state index is 5.61. The lowest BCUT2D eigenvalue weighted by Gasteiger charge is -1.94. The van der Waals surface area contributed by atoms with E-state index in [1.165, 1.54) is 0 Å². The van der Waals surface area contributed by atoms with Crippen molar-refractivity contribution < 1.29 is 0 Å². The van der Waals surface area contributed by atoms with E-state index in [0.29, 0.717) is 0 Å². The van der Waals surface area contributed by atoms with Crippen LogP contribution in [0.4, 0.5) is 5.69 Å². The average molecular weight is 147 g/mol. The summed E-state index contributed by atoms with van der Waals surface area (Å²) in [5.74, 6) is 0. The first-order valence-electron chi connectivity index (χ1n) is 3.44. The van der Waals surface area contributed by atoms with Crippen molar-refractivity contribution in [3.8, 4) is 0 Å². The molecule has 0 radical (unpaired) electrons. The second-order valence-electron chi connectivity index (χ2n) is 2.60. The number of anilines is 1. The molecule has 2 rings (SSSR count). The zero-order chi connectivity index (χ0) is 7.84. The van der Waals surface area contributed by atoms with Crippen LogP contribution >= 0.6 is 0 Å².